The molecule has 0 amide bonds. The summed E-state index contributed by atoms with van der Waals surface area (Å²) in [6.45, 7) is 6.20. The number of hydrogen-bond acceptors (Lipinski definition) is 3. The van der Waals surface area contributed by atoms with Crippen LogP contribution in [0.2, 0.25) is 0 Å². The SMILES string of the molecule is Cc1cc(C(O)c2cc(C)sc2C)cs1. The summed E-state index contributed by atoms with van der Waals surface area (Å²) < 4.78 is 0. The highest BCUT2D eigenvalue weighted by atomic mass is 32.1. The zero-order valence-corrected chi connectivity index (χ0v) is 10.7. The lowest BCUT2D eigenvalue weighted by Gasteiger charge is -2.07. The topological polar surface area (TPSA) is 20.2 Å². The van der Waals surface area contributed by atoms with E-state index in [2.05, 4.69) is 32.9 Å². The maximum Gasteiger partial charge on any atom is 0.106 e. The van der Waals surface area contributed by atoms with Gasteiger partial charge in [-0.05, 0) is 49.4 Å². The Morgan fingerprint density at radius 1 is 1.13 bits per heavy atom. The normalized spacial score (nSPS) is 13.1. The van der Waals surface area contributed by atoms with Crippen LogP contribution in [0.15, 0.2) is 17.5 Å². The molecule has 0 spiro atoms. The van der Waals surface area contributed by atoms with Gasteiger partial charge in [-0.15, -0.1) is 22.7 Å². The Hall–Kier alpha value is -0.640. The predicted molar refractivity (Wildman–Crippen MR) is 66.9 cm³/mol. The smallest absolute Gasteiger partial charge is 0.106 e. The van der Waals surface area contributed by atoms with Gasteiger partial charge < -0.3 is 5.11 Å². The Labute approximate surface area is 98.0 Å². The molecule has 80 valence electrons. The molecule has 0 saturated carbocycles. The van der Waals surface area contributed by atoms with Gasteiger partial charge in [0.2, 0.25) is 0 Å². The van der Waals surface area contributed by atoms with Crippen molar-refractivity contribution in [2.75, 3.05) is 0 Å². The van der Waals surface area contributed by atoms with Crippen molar-refractivity contribution in [1.82, 2.24) is 0 Å². The summed E-state index contributed by atoms with van der Waals surface area (Å²) in [6.07, 6.45) is -0.458. The van der Waals surface area contributed by atoms with Gasteiger partial charge in [-0.1, -0.05) is 0 Å². The van der Waals surface area contributed by atoms with Crippen molar-refractivity contribution in [1.29, 1.82) is 0 Å². The van der Waals surface area contributed by atoms with Crippen LogP contribution in [0.3, 0.4) is 0 Å². The minimum atomic E-state index is -0.458. The van der Waals surface area contributed by atoms with Crippen LogP contribution in [0.25, 0.3) is 0 Å². The van der Waals surface area contributed by atoms with E-state index in [9.17, 15) is 5.11 Å². The lowest BCUT2D eigenvalue weighted by atomic mass is 10.1. The molecule has 15 heavy (non-hydrogen) atoms. The quantitative estimate of drug-likeness (QED) is 0.843. The third-order valence-corrected chi connectivity index (χ3v) is 4.30. The van der Waals surface area contributed by atoms with Crippen molar-refractivity contribution >= 4 is 22.7 Å². The van der Waals surface area contributed by atoms with Crippen molar-refractivity contribution in [3.63, 3.8) is 0 Å². The van der Waals surface area contributed by atoms with E-state index >= 15 is 0 Å². The minimum Gasteiger partial charge on any atom is -0.384 e. The maximum absolute atomic E-state index is 10.2. The summed E-state index contributed by atoms with van der Waals surface area (Å²) in [7, 11) is 0. The number of aliphatic hydroxyl groups is 1. The summed E-state index contributed by atoms with van der Waals surface area (Å²) in [4.78, 5) is 3.71. The van der Waals surface area contributed by atoms with E-state index in [1.54, 1.807) is 22.7 Å². The van der Waals surface area contributed by atoms with Gasteiger partial charge in [0.15, 0.2) is 0 Å². The molecule has 2 heterocycles. The number of aryl methyl sites for hydroxylation is 3. The van der Waals surface area contributed by atoms with E-state index in [1.807, 2.05) is 5.38 Å². The van der Waals surface area contributed by atoms with Gasteiger partial charge in [-0.25, -0.2) is 0 Å². The Balaban J connectivity index is 2.35. The second kappa shape index (κ2) is 4.08. The molecule has 2 aromatic heterocycles. The van der Waals surface area contributed by atoms with Crippen LogP contribution in [0.4, 0.5) is 0 Å². The number of aliphatic hydroxyl groups excluding tert-OH is 1. The third kappa shape index (κ3) is 2.14. The minimum absolute atomic E-state index is 0.458. The number of rotatable bonds is 2. The molecule has 0 aromatic carbocycles. The van der Waals surface area contributed by atoms with Crippen LogP contribution in [0.1, 0.15) is 31.9 Å². The summed E-state index contributed by atoms with van der Waals surface area (Å²) in [5, 5.41) is 12.2. The lowest BCUT2D eigenvalue weighted by molar-refractivity contribution is 0.220. The standard InChI is InChI=1S/C12H14OS2/c1-7-4-10(6-14-7)12(13)11-5-8(2)15-9(11)3/h4-6,12-13H,1-3H3. The molecule has 1 nitrogen and oxygen atoms in total. The average Bonchev–Trinajstić information content (AvgIpc) is 2.71. The van der Waals surface area contributed by atoms with E-state index in [0.29, 0.717) is 0 Å². The van der Waals surface area contributed by atoms with Crippen LogP contribution in [-0.2, 0) is 0 Å². The zero-order chi connectivity index (χ0) is 11.0. The Kier molecular flexibility index (Phi) is 2.96. The first-order chi connectivity index (χ1) is 7.08. The van der Waals surface area contributed by atoms with Crippen molar-refractivity contribution in [2.45, 2.75) is 26.9 Å². The molecule has 1 atom stereocenters. The molecule has 0 aliphatic heterocycles. The first kappa shape index (κ1) is 10.9. The molecule has 0 radical (unpaired) electrons. The zero-order valence-electron chi connectivity index (χ0n) is 9.07. The molecule has 3 heteroatoms. The lowest BCUT2D eigenvalue weighted by Crippen LogP contribution is -1.97. The third-order valence-electron chi connectivity index (χ3n) is 2.44. The highest BCUT2D eigenvalue weighted by Gasteiger charge is 2.15. The van der Waals surface area contributed by atoms with Crippen LogP contribution >= 0.6 is 22.7 Å². The van der Waals surface area contributed by atoms with E-state index in [0.717, 1.165) is 11.1 Å². The van der Waals surface area contributed by atoms with Crippen LogP contribution in [0.5, 0.6) is 0 Å². The van der Waals surface area contributed by atoms with E-state index in [4.69, 9.17) is 0 Å². The second-order valence-electron chi connectivity index (χ2n) is 3.76. The summed E-state index contributed by atoms with van der Waals surface area (Å²) in [5.74, 6) is 0. The van der Waals surface area contributed by atoms with Gasteiger partial charge in [0.1, 0.15) is 6.10 Å². The van der Waals surface area contributed by atoms with Crippen molar-refractivity contribution in [3.8, 4) is 0 Å². The Morgan fingerprint density at radius 2 is 1.87 bits per heavy atom. The van der Waals surface area contributed by atoms with E-state index in [-0.39, 0.29) is 0 Å². The van der Waals surface area contributed by atoms with Crippen LogP contribution < -0.4 is 0 Å². The first-order valence-electron chi connectivity index (χ1n) is 4.88. The van der Waals surface area contributed by atoms with Gasteiger partial charge in [-0.3, -0.25) is 0 Å². The van der Waals surface area contributed by atoms with E-state index < -0.39 is 6.10 Å². The molecule has 1 unspecified atom stereocenters. The van der Waals surface area contributed by atoms with Gasteiger partial charge in [-0.2, -0.15) is 0 Å². The summed E-state index contributed by atoms with van der Waals surface area (Å²) in [6, 6.07) is 4.14. The fourth-order valence-corrected chi connectivity index (χ4v) is 3.39. The summed E-state index contributed by atoms with van der Waals surface area (Å²) in [5.41, 5.74) is 2.06. The largest absolute Gasteiger partial charge is 0.384 e. The molecular weight excluding hydrogens is 224 g/mol. The van der Waals surface area contributed by atoms with Gasteiger partial charge in [0.25, 0.3) is 0 Å². The Morgan fingerprint density at radius 3 is 2.33 bits per heavy atom. The molecule has 0 bridgehead atoms. The van der Waals surface area contributed by atoms with E-state index in [1.165, 1.54) is 14.6 Å². The molecule has 2 aromatic rings. The van der Waals surface area contributed by atoms with Crippen LogP contribution in [-0.4, -0.2) is 5.11 Å². The molecule has 0 aliphatic rings. The fraction of sp³-hybridized carbons (Fsp3) is 0.333. The molecular formula is C12H14OS2. The first-order valence-corrected chi connectivity index (χ1v) is 6.57. The molecule has 0 aliphatic carbocycles. The van der Waals surface area contributed by atoms with Crippen molar-refractivity contribution in [2.24, 2.45) is 0 Å². The van der Waals surface area contributed by atoms with Crippen molar-refractivity contribution < 1.29 is 5.11 Å². The Bertz CT molecular complexity index is 468. The number of hydrogen-bond donors (Lipinski definition) is 1. The molecule has 1 N–H and O–H groups in total. The summed E-state index contributed by atoms with van der Waals surface area (Å²) >= 11 is 3.43. The predicted octanol–water partition coefficient (Wildman–Crippen LogP) is 3.82. The number of thiophene rings is 2. The highest BCUT2D eigenvalue weighted by molar-refractivity contribution is 7.12. The fourth-order valence-electron chi connectivity index (χ4n) is 1.71. The molecule has 0 fully saturated rings. The molecule has 2 rings (SSSR count). The molecule has 0 saturated heterocycles. The maximum atomic E-state index is 10.2. The average molecular weight is 238 g/mol. The van der Waals surface area contributed by atoms with Crippen molar-refractivity contribution in [3.05, 3.63) is 43.3 Å². The van der Waals surface area contributed by atoms with Gasteiger partial charge in [0, 0.05) is 14.6 Å². The highest BCUT2D eigenvalue weighted by Crippen LogP contribution is 2.32. The van der Waals surface area contributed by atoms with Gasteiger partial charge >= 0.3 is 0 Å². The van der Waals surface area contributed by atoms with Crippen LogP contribution in [0, 0.1) is 20.8 Å². The van der Waals surface area contributed by atoms with Gasteiger partial charge in [0.05, 0.1) is 0 Å². The monoisotopic (exact) mass is 238 g/mol. The second-order valence-corrected chi connectivity index (χ2v) is 6.34.